The first kappa shape index (κ1) is 15.3. The van der Waals surface area contributed by atoms with Gasteiger partial charge in [0, 0.05) is 12.6 Å². The zero-order valence-corrected chi connectivity index (χ0v) is 12.3. The molecule has 21 heavy (non-hydrogen) atoms. The van der Waals surface area contributed by atoms with Crippen molar-refractivity contribution in [3.05, 3.63) is 36.0 Å². The molecule has 0 saturated carbocycles. The number of nitrogens with zero attached hydrogens (tertiary/aromatic N) is 2. The van der Waals surface area contributed by atoms with Gasteiger partial charge >= 0.3 is 0 Å². The Bertz CT molecular complexity index is 682. The highest BCUT2D eigenvalue weighted by Gasteiger charge is 2.12. The Morgan fingerprint density at radius 1 is 1.33 bits per heavy atom. The number of anilines is 1. The first-order chi connectivity index (χ1) is 9.94. The molecule has 0 saturated heterocycles. The Balaban J connectivity index is 1.77. The van der Waals surface area contributed by atoms with Crippen LogP contribution < -0.4 is 15.2 Å². The van der Waals surface area contributed by atoms with E-state index < -0.39 is 10.0 Å². The van der Waals surface area contributed by atoms with Gasteiger partial charge in [-0.05, 0) is 24.3 Å². The maximum absolute atomic E-state index is 11.8. The zero-order chi connectivity index (χ0) is 15.3. The van der Waals surface area contributed by atoms with Crippen LogP contribution in [0.1, 0.15) is 11.7 Å². The number of aryl methyl sites for hydroxylation is 1. The molecule has 0 aliphatic rings. The van der Waals surface area contributed by atoms with Crippen molar-refractivity contribution in [2.45, 2.75) is 13.5 Å². The molecule has 0 aliphatic heterocycles. The van der Waals surface area contributed by atoms with E-state index in [1.165, 1.54) is 0 Å². The van der Waals surface area contributed by atoms with Crippen molar-refractivity contribution in [2.75, 3.05) is 18.1 Å². The fourth-order valence-corrected chi connectivity index (χ4v) is 2.29. The molecule has 0 unspecified atom stereocenters. The van der Waals surface area contributed by atoms with E-state index in [0.29, 0.717) is 17.3 Å². The van der Waals surface area contributed by atoms with Gasteiger partial charge in [-0.15, -0.1) is 0 Å². The lowest BCUT2D eigenvalue weighted by Gasteiger charge is -2.07. The van der Waals surface area contributed by atoms with E-state index in [1.54, 1.807) is 31.2 Å². The van der Waals surface area contributed by atoms with Gasteiger partial charge in [0.05, 0.1) is 12.3 Å². The number of benzene rings is 1. The van der Waals surface area contributed by atoms with E-state index in [4.69, 9.17) is 15.0 Å². The summed E-state index contributed by atoms with van der Waals surface area (Å²) in [4.78, 5) is 3.90. The minimum atomic E-state index is -3.47. The van der Waals surface area contributed by atoms with Crippen LogP contribution in [0.25, 0.3) is 0 Å². The van der Waals surface area contributed by atoms with Gasteiger partial charge in [0.15, 0.2) is 5.82 Å². The molecule has 3 N–H and O–H groups in total. The molecular formula is C12H16N4O4S. The number of hydrogen-bond donors (Lipinski definition) is 2. The average molecular weight is 312 g/mol. The highest BCUT2D eigenvalue weighted by molar-refractivity contribution is 7.89. The predicted octanol–water partition coefficient (Wildman–Crippen LogP) is 0.459. The lowest BCUT2D eigenvalue weighted by atomic mass is 10.3. The molecule has 0 spiro atoms. The van der Waals surface area contributed by atoms with Crippen molar-refractivity contribution < 1.29 is 17.7 Å². The highest BCUT2D eigenvalue weighted by Crippen LogP contribution is 2.12. The molecule has 1 aromatic carbocycles. The third kappa shape index (κ3) is 5.04. The molecule has 1 aromatic heterocycles. The normalized spacial score (nSPS) is 11.5. The van der Waals surface area contributed by atoms with Crippen LogP contribution in [0.2, 0.25) is 0 Å². The van der Waals surface area contributed by atoms with Gasteiger partial charge < -0.3 is 15.0 Å². The summed E-state index contributed by atoms with van der Waals surface area (Å²) in [7, 11) is -3.47. The molecule has 2 aromatic rings. The summed E-state index contributed by atoms with van der Waals surface area (Å²) >= 11 is 0. The second-order valence-electron chi connectivity index (χ2n) is 4.29. The van der Waals surface area contributed by atoms with E-state index in [0.717, 1.165) is 0 Å². The second-order valence-corrected chi connectivity index (χ2v) is 6.21. The quantitative estimate of drug-likeness (QED) is 0.712. The summed E-state index contributed by atoms with van der Waals surface area (Å²) in [5, 5.41) is 3.60. The maximum Gasteiger partial charge on any atom is 0.223 e. The van der Waals surface area contributed by atoms with Gasteiger partial charge in [0.25, 0.3) is 0 Å². The minimum Gasteiger partial charge on any atom is -0.492 e. The van der Waals surface area contributed by atoms with Crippen LogP contribution >= 0.6 is 0 Å². The fraction of sp³-hybridized carbons (Fsp3) is 0.333. The van der Waals surface area contributed by atoms with Crippen molar-refractivity contribution in [2.24, 2.45) is 0 Å². The standard InChI is InChI=1S/C12H16N4O4S/c1-9-15-12(16-20-9)8-14-21(17,18)7-6-19-11-4-2-10(13)3-5-11/h2-5,14H,6-8,13H2,1H3. The largest absolute Gasteiger partial charge is 0.492 e. The smallest absolute Gasteiger partial charge is 0.223 e. The summed E-state index contributed by atoms with van der Waals surface area (Å²) in [5.41, 5.74) is 6.16. The summed E-state index contributed by atoms with van der Waals surface area (Å²) in [6.45, 7) is 1.65. The molecule has 0 radical (unpaired) electrons. The maximum atomic E-state index is 11.8. The van der Waals surface area contributed by atoms with Crippen LogP contribution in [-0.4, -0.2) is 30.9 Å². The SMILES string of the molecule is Cc1nc(CNS(=O)(=O)CCOc2ccc(N)cc2)no1. The molecule has 0 fully saturated rings. The zero-order valence-electron chi connectivity index (χ0n) is 11.4. The van der Waals surface area contributed by atoms with Gasteiger partial charge in [0.2, 0.25) is 15.9 Å². The third-order valence-corrected chi connectivity index (χ3v) is 3.81. The number of nitrogen functional groups attached to an aromatic ring is 1. The number of aromatic nitrogens is 2. The molecule has 1 heterocycles. The topological polar surface area (TPSA) is 120 Å². The lowest BCUT2D eigenvalue weighted by molar-refractivity contribution is 0.340. The molecule has 0 bridgehead atoms. The third-order valence-electron chi connectivity index (χ3n) is 2.52. The molecule has 2 rings (SSSR count). The molecule has 114 valence electrons. The lowest BCUT2D eigenvalue weighted by Crippen LogP contribution is -2.29. The van der Waals surface area contributed by atoms with Gasteiger partial charge in [0.1, 0.15) is 12.4 Å². The van der Waals surface area contributed by atoms with Crippen LogP contribution in [0.15, 0.2) is 28.8 Å². The van der Waals surface area contributed by atoms with E-state index in [9.17, 15) is 8.42 Å². The van der Waals surface area contributed by atoms with Crippen LogP contribution in [0.3, 0.4) is 0 Å². The van der Waals surface area contributed by atoms with Crippen LogP contribution in [0.5, 0.6) is 5.75 Å². The molecular weight excluding hydrogens is 296 g/mol. The van der Waals surface area contributed by atoms with Gasteiger partial charge in [-0.2, -0.15) is 4.98 Å². The number of rotatable bonds is 7. The summed E-state index contributed by atoms with van der Waals surface area (Å²) in [6, 6.07) is 6.72. The van der Waals surface area contributed by atoms with Crippen LogP contribution in [0, 0.1) is 6.92 Å². The molecule has 8 nitrogen and oxygen atoms in total. The average Bonchev–Trinajstić information content (AvgIpc) is 2.85. The van der Waals surface area contributed by atoms with Gasteiger partial charge in [-0.3, -0.25) is 0 Å². The number of ether oxygens (including phenoxy) is 1. The minimum absolute atomic E-state index is 0.0124. The number of hydrogen-bond acceptors (Lipinski definition) is 7. The summed E-state index contributed by atoms with van der Waals surface area (Å²) in [6.07, 6.45) is 0. The molecule has 0 aliphatic carbocycles. The first-order valence-corrected chi connectivity index (χ1v) is 7.85. The van der Waals surface area contributed by atoms with Crippen molar-refractivity contribution >= 4 is 15.7 Å². The van der Waals surface area contributed by atoms with Crippen molar-refractivity contribution in [1.82, 2.24) is 14.9 Å². The van der Waals surface area contributed by atoms with Crippen molar-refractivity contribution in [3.8, 4) is 5.75 Å². The van der Waals surface area contributed by atoms with Gasteiger partial charge in [-0.1, -0.05) is 5.16 Å². The molecule has 9 heteroatoms. The summed E-state index contributed by atoms with van der Waals surface area (Å²) in [5.74, 6) is 1.06. The Morgan fingerprint density at radius 3 is 2.67 bits per heavy atom. The van der Waals surface area contributed by atoms with Gasteiger partial charge in [-0.25, -0.2) is 13.1 Å². The van der Waals surface area contributed by atoms with Crippen molar-refractivity contribution in [3.63, 3.8) is 0 Å². The van der Waals surface area contributed by atoms with Crippen molar-refractivity contribution in [1.29, 1.82) is 0 Å². The number of nitrogens with two attached hydrogens (primary N) is 1. The van der Waals surface area contributed by atoms with Crippen LogP contribution in [0.4, 0.5) is 5.69 Å². The molecule has 0 atom stereocenters. The first-order valence-electron chi connectivity index (χ1n) is 6.19. The predicted molar refractivity (Wildman–Crippen MR) is 76.0 cm³/mol. The highest BCUT2D eigenvalue weighted by atomic mass is 32.2. The Morgan fingerprint density at radius 2 is 2.05 bits per heavy atom. The Hall–Kier alpha value is -2.13. The Labute approximate surface area is 122 Å². The molecule has 0 amide bonds. The summed E-state index contributed by atoms with van der Waals surface area (Å²) < 4.78 is 36.0. The number of sulfonamides is 1. The van der Waals surface area contributed by atoms with E-state index >= 15 is 0 Å². The monoisotopic (exact) mass is 312 g/mol. The Kier molecular flexibility index (Phi) is 4.76. The van der Waals surface area contributed by atoms with E-state index in [2.05, 4.69) is 14.9 Å². The van der Waals surface area contributed by atoms with Crippen LogP contribution in [-0.2, 0) is 16.6 Å². The number of nitrogens with one attached hydrogen (secondary N) is 1. The van der Waals surface area contributed by atoms with E-state index in [1.807, 2.05) is 0 Å². The second kappa shape index (κ2) is 6.55. The van der Waals surface area contributed by atoms with E-state index in [-0.39, 0.29) is 24.7 Å². The fourth-order valence-electron chi connectivity index (χ4n) is 1.49.